The number of aryl methyl sites for hydroxylation is 1. The highest BCUT2D eigenvalue weighted by molar-refractivity contribution is 7.90. The van der Waals surface area contributed by atoms with Gasteiger partial charge in [0, 0.05) is 19.0 Å². The van der Waals surface area contributed by atoms with Crippen LogP contribution in [0.1, 0.15) is 57.6 Å². The standard InChI is InChI=1S/C21H30N2O4S/c1-14-7-10-17(21(2,3)4)12-18(14)28(26,27)22-19(24)16-6-5-11-23(13-16)20(25)15-8-9-15/h7,10,12,15-16H,5-6,8-9,11,13H2,1-4H3,(H,22,24). The minimum Gasteiger partial charge on any atom is -0.342 e. The maximum absolute atomic E-state index is 12.9. The molecule has 6 nitrogen and oxygen atoms in total. The first-order chi connectivity index (χ1) is 13.0. The normalized spacial score (nSPS) is 20.7. The Balaban J connectivity index is 1.75. The van der Waals surface area contributed by atoms with Crippen LogP contribution in [-0.4, -0.2) is 38.2 Å². The number of likely N-dealkylation sites (tertiary alicyclic amines) is 1. The van der Waals surface area contributed by atoms with Crippen LogP contribution in [0.2, 0.25) is 0 Å². The Bertz CT molecular complexity index is 882. The Morgan fingerprint density at radius 1 is 1.11 bits per heavy atom. The van der Waals surface area contributed by atoms with E-state index in [0.717, 1.165) is 24.8 Å². The van der Waals surface area contributed by atoms with Crippen molar-refractivity contribution < 1.29 is 18.0 Å². The second-order valence-corrected chi connectivity index (χ2v) is 10.7. The third-order valence-corrected chi connectivity index (χ3v) is 7.10. The number of hydrogen-bond acceptors (Lipinski definition) is 4. The van der Waals surface area contributed by atoms with Gasteiger partial charge in [-0.1, -0.05) is 32.9 Å². The quantitative estimate of drug-likeness (QED) is 0.833. The zero-order chi connectivity index (χ0) is 20.7. The van der Waals surface area contributed by atoms with E-state index in [2.05, 4.69) is 4.72 Å². The number of carbonyl (C=O) groups excluding carboxylic acids is 2. The Morgan fingerprint density at radius 3 is 2.39 bits per heavy atom. The molecule has 1 unspecified atom stereocenters. The van der Waals surface area contributed by atoms with E-state index in [0.29, 0.717) is 25.1 Å². The molecule has 1 aromatic rings. The lowest BCUT2D eigenvalue weighted by atomic mass is 9.87. The number of amides is 2. The molecule has 7 heteroatoms. The summed E-state index contributed by atoms with van der Waals surface area (Å²) < 4.78 is 28.1. The number of piperidine rings is 1. The average molecular weight is 407 g/mol. The summed E-state index contributed by atoms with van der Waals surface area (Å²) in [5, 5.41) is 0. The summed E-state index contributed by atoms with van der Waals surface area (Å²) in [5.74, 6) is -0.798. The molecule has 2 aliphatic rings. The SMILES string of the molecule is Cc1ccc(C(C)(C)C)cc1S(=O)(=O)NC(=O)C1CCCN(C(=O)C2CC2)C1. The van der Waals surface area contributed by atoms with E-state index < -0.39 is 21.8 Å². The molecule has 1 saturated carbocycles. The number of sulfonamides is 1. The van der Waals surface area contributed by atoms with Crippen molar-refractivity contribution in [2.45, 2.75) is 63.7 Å². The van der Waals surface area contributed by atoms with Crippen LogP contribution in [0.5, 0.6) is 0 Å². The molecule has 1 atom stereocenters. The molecule has 1 saturated heterocycles. The molecule has 3 rings (SSSR count). The molecule has 0 spiro atoms. The molecule has 0 radical (unpaired) electrons. The summed E-state index contributed by atoms with van der Waals surface area (Å²) in [6.07, 6.45) is 3.15. The van der Waals surface area contributed by atoms with Crippen molar-refractivity contribution in [2.24, 2.45) is 11.8 Å². The number of nitrogens with zero attached hydrogens (tertiary/aromatic N) is 1. The van der Waals surface area contributed by atoms with E-state index in [1.165, 1.54) is 0 Å². The van der Waals surface area contributed by atoms with Gasteiger partial charge in [0.1, 0.15) is 0 Å². The summed E-state index contributed by atoms with van der Waals surface area (Å²) in [5.41, 5.74) is 1.29. The molecule has 1 aliphatic heterocycles. The van der Waals surface area contributed by atoms with Gasteiger partial charge in [-0.15, -0.1) is 0 Å². The zero-order valence-corrected chi connectivity index (χ0v) is 17.9. The molecule has 1 aromatic carbocycles. The average Bonchev–Trinajstić information content (AvgIpc) is 3.45. The highest BCUT2D eigenvalue weighted by Crippen LogP contribution is 2.32. The van der Waals surface area contributed by atoms with E-state index in [-0.39, 0.29) is 22.1 Å². The van der Waals surface area contributed by atoms with Crippen molar-refractivity contribution in [3.63, 3.8) is 0 Å². The van der Waals surface area contributed by atoms with Crippen LogP contribution < -0.4 is 4.72 Å². The molecule has 1 aliphatic carbocycles. The van der Waals surface area contributed by atoms with Crippen molar-refractivity contribution in [1.82, 2.24) is 9.62 Å². The molecular formula is C21H30N2O4S. The van der Waals surface area contributed by atoms with Crippen molar-refractivity contribution in [3.05, 3.63) is 29.3 Å². The van der Waals surface area contributed by atoms with Crippen LogP contribution in [-0.2, 0) is 25.0 Å². The van der Waals surface area contributed by atoms with Gasteiger partial charge >= 0.3 is 0 Å². The van der Waals surface area contributed by atoms with Crippen molar-refractivity contribution >= 4 is 21.8 Å². The van der Waals surface area contributed by atoms with Crippen LogP contribution >= 0.6 is 0 Å². The van der Waals surface area contributed by atoms with E-state index in [9.17, 15) is 18.0 Å². The summed E-state index contributed by atoms with van der Waals surface area (Å²) >= 11 is 0. The number of rotatable bonds is 4. The van der Waals surface area contributed by atoms with Crippen molar-refractivity contribution in [2.75, 3.05) is 13.1 Å². The fourth-order valence-electron chi connectivity index (χ4n) is 3.61. The molecule has 28 heavy (non-hydrogen) atoms. The second-order valence-electron chi connectivity index (χ2n) is 9.10. The predicted octanol–water partition coefficient (Wildman–Crippen LogP) is 2.75. The summed E-state index contributed by atoms with van der Waals surface area (Å²) in [7, 11) is -3.97. The molecule has 2 amide bonds. The Morgan fingerprint density at radius 2 is 1.79 bits per heavy atom. The highest BCUT2D eigenvalue weighted by Gasteiger charge is 2.37. The Labute approximate surface area is 167 Å². The fraction of sp³-hybridized carbons (Fsp3) is 0.619. The minimum absolute atomic E-state index is 0.105. The lowest BCUT2D eigenvalue weighted by molar-refractivity contribution is -0.136. The van der Waals surface area contributed by atoms with Crippen LogP contribution in [0.4, 0.5) is 0 Å². The van der Waals surface area contributed by atoms with Crippen LogP contribution in [0.15, 0.2) is 23.1 Å². The first-order valence-corrected chi connectivity index (χ1v) is 11.4. The first kappa shape index (κ1) is 20.8. The molecule has 0 bridgehead atoms. The van der Waals surface area contributed by atoms with Gasteiger partial charge in [-0.05, 0) is 55.2 Å². The lowest BCUT2D eigenvalue weighted by Crippen LogP contribution is -2.47. The number of nitrogens with one attached hydrogen (secondary N) is 1. The molecular weight excluding hydrogens is 376 g/mol. The van der Waals surface area contributed by atoms with Gasteiger partial charge in [0.05, 0.1) is 10.8 Å². The smallest absolute Gasteiger partial charge is 0.264 e. The first-order valence-electron chi connectivity index (χ1n) is 9.95. The monoisotopic (exact) mass is 406 g/mol. The van der Waals surface area contributed by atoms with E-state index in [4.69, 9.17) is 0 Å². The van der Waals surface area contributed by atoms with Gasteiger partial charge in [0.2, 0.25) is 11.8 Å². The molecule has 2 fully saturated rings. The largest absolute Gasteiger partial charge is 0.342 e. The highest BCUT2D eigenvalue weighted by atomic mass is 32.2. The molecule has 1 N–H and O–H groups in total. The van der Waals surface area contributed by atoms with Crippen molar-refractivity contribution in [3.8, 4) is 0 Å². The van der Waals surface area contributed by atoms with Gasteiger partial charge < -0.3 is 4.90 Å². The molecule has 1 heterocycles. The topological polar surface area (TPSA) is 83.6 Å². The van der Waals surface area contributed by atoms with Gasteiger partial charge in [-0.25, -0.2) is 13.1 Å². The Hall–Kier alpha value is -1.89. The molecule has 154 valence electrons. The Kier molecular flexibility index (Phi) is 5.58. The summed E-state index contributed by atoms with van der Waals surface area (Å²) in [6.45, 7) is 8.72. The maximum atomic E-state index is 12.9. The summed E-state index contributed by atoms with van der Waals surface area (Å²) in [6, 6.07) is 5.34. The number of carbonyl (C=O) groups is 2. The minimum atomic E-state index is -3.97. The third kappa shape index (κ3) is 4.57. The van der Waals surface area contributed by atoms with Crippen molar-refractivity contribution in [1.29, 1.82) is 0 Å². The van der Waals surface area contributed by atoms with E-state index in [1.54, 1.807) is 24.0 Å². The van der Waals surface area contributed by atoms with E-state index >= 15 is 0 Å². The maximum Gasteiger partial charge on any atom is 0.264 e. The number of benzene rings is 1. The summed E-state index contributed by atoms with van der Waals surface area (Å²) in [4.78, 5) is 26.9. The van der Waals surface area contributed by atoms with Gasteiger partial charge in [-0.3, -0.25) is 9.59 Å². The number of hydrogen-bond donors (Lipinski definition) is 1. The van der Waals surface area contributed by atoms with Gasteiger partial charge in [0.25, 0.3) is 10.0 Å². The lowest BCUT2D eigenvalue weighted by Gasteiger charge is -2.32. The van der Waals surface area contributed by atoms with Crippen LogP contribution in [0.25, 0.3) is 0 Å². The zero-order valence-electron chi connectivity index (χ0n) is 17.1. The predicted molar refractivity (Wildman–Crippen MR) is 107 cm³/mol. The fourth-order valence-corrected chi connectivity index (χ4v) is 4.92. The van der Waals surface area contributed by atoms with Crippen LogP contribution in [0, 0.1) is 18.8 Å². The van der Waals surface area contributed by atoms with Gasteiger partial charge in [0.15, 0.2) is 0 Å². The molecule has 0 aromatic heterocycles. The van der Waals surface area contributed by atoms with Crippen LogP contribution in [0.3, 0.4) is 0 Å². The third-order valence-electron chi connectivity index (χ3n) is 5.61. The van der Waals surface area contributed by atoms with E-state index in [1.807, 2.05) is 26.8 Å². The second kappa shape index (κ2) is 7.50. The van der Waals surface area contributed by atoms with Gasteiger partial charge in [-0.2, -0.15) is 0 Å².